The first-order valence-corrected chi connectivity index (χ1v) is 10.3. The van der Waals surface area contributed by atoms with E-state index < -0.39 is 5.51 Å². The van der Waals surface area contributed by atoms with Gasteiger partial charge in [0.1, 0.15) is 0 Å². The zero-order valence-corrected chi connectivity index (χ0v) is 17.2. The van der Waals surface area contributed by atoms with Crippen LogP contribution in [-0.4, -0.2) is 59.8 Å². The fourth-order valence-electron chi connectivity index (χ4n) is 3.13. The van der Waals surface area contributed by atoms with Gasteiger partial charge in [-0.1, -0.05) is 17.7 Å². The molecule has 0 spiro atoms. The number of carbonyl (C=O) groups excluding carboxylic acids is 2. The van der Waals surface area contributed by atoms with Crippen molar-refractivity contribution in [1.29, 1.82) is 0 Å². The third-order valence-electron chi connectivity index (χ3n) is 4.70. The molecule has 2 aromatic carbocycles. The van der Waals surface area contributed by atoms with Crippen molar-refractivity contribution in [3.05, 3.63) is 59.7 Å². The number of rotatable bonds is 5. The van der Waals surface area contributed by atoms with E-state index in [1.165, 1.54) is 24.3 Å². The molecule has 0 bridgehead atoms. The molecule has 0 unspecified atom stereocenters. The number of carbonyl (C=O) groups is 2. The number of benzene rings is 2. The molecular weight excluding hydrogens is 415 g/mol. The Hall–Kier alpha value is -2.52. The summed E-state index contributed by atoms with van der Waals surface area (Å²) in [7, 11) is 0. The van der Waals surface area contributed by atoms with Crippen LogP contribution in [0.5, 0.6) is 0 Å². The summed E-state index contributed by atoms with van der Waals surface area (Å²) < 4.78 is 37.2. The predicted molar refractivity (Wildman–Crippen MR) is 111 cm³/mol. The highest BCUT2D eigenvalue weighted by molar-refractivity contribution is 8.00. The van der Waals surface area contributed by atoms with Crippen molar-refractivity contribution < 1.29 is 22.8 Å². The molecule has 1 aliphatic rings. The quantitative estimate of drug-likeness (QED) is 0.719. The molecule has 1 saturated heterocycles. The van der Waals surface area contributed by atoms with Crippen molar-refractivity contribution in [3.63, 3.8) is 0 Å². The van der Waals surface area contributed by atoms with E-state index in [4.69, 9.17) is 0 Å². The first-order valence-electron chi connectivity index (χ1n) is 9.43. The van der Waals surface area contributed by atoms with E-state index in [0.717, 1.165) is 11.3 Å². The number of halogens is 3. The molecule has 0 aliphatic carbocycles. The van der Waals surface area contributed by atoms with E-state index in [-0.39, 0.29) is 35.0 Å². The minimum Gasteiger partial charge on any atom is -0.336 e. The number of anilines is 1. The summed E-state index contributed by atoms with van der Waals surface area (Å²) in [4.78, 5) is 28.5. The third-order valence-corrected chi connectivity index (χ3v) is 5.44. The second-order valence-electron chi connectivity index (χ2n) is 7.05. The molecule has 0 radical (unpaired) electrons. The van der Waals surface area contributed by atoms with Gasteiger partial charge in [-0.05, 0) is 55.1 Å². The van der Waals surface area contributed by atoms with E-state index in [0.29, 0.717) is 31.7 Å². The number of piperazine rings is 1. The average Bonchev–Trinajstić information content (AvgIpc) is 2.69. The summed E-state index contributed by atoms with van der Waals surface area (Å²) in [5.41, 5.74) is -2.14. The van der Waals surface area contributed by atoms with Gasteiger partial charge in [0.25, 0.3) is 5.91 Å². The minimum atomic E-state index is -4.35. The Morgan fingerprint density at radius 2 is 1.57 bits per heavy atom. The van der Waals surface area contributed by atoms with Crippen LogP contribution in [0.25, 0.3) is 0 Å². The van der Waals surface area contributed by atoms with Crippen molar-refractivity contribution in [2.24, 2.45) is 0 Å². The molecule has 1 aliphatic heterocycles. The number of hydrogen-bond donors (Lipinski definition) is 1. The molecule has 0 saturated carbocycles. The molecule has 1 heterocycles. The average molecular weight is 437 g/mol. The van der Waals surface area contributed by atoms with E-state index in [1.807, 2.05) is 36.1 Å². The van der Waals surface area contributed by atoms with Crippen LogP contribution in [0.15, 0.2) is 53.4 Å². The van der Waals surface area contributed by atoms with Gasteiger partial charge >= 0.3 is 5.51 Å². The van der Waals surface area contributed by atoms with Gasteiger partial charge in [0.05, 0.1) is 6.54 Å². The lowest BCUT2D eigenvalue weighted by molar-refractivity contribution is -0.117. The maximum absolute atomic E-state index is 12.6. The van der Waals surface area contributed by atoms with Crippen LogP contribution >= 0.6 is 11.8 Å². The van der Waals surface area contributed by atoms with E-state index >= 15 is 0 Å². The zero-order valence-electron chi connectivity index (χ0n) is 16.4. The van der Waals surface area contributed by atoms with E-state index in [9.17, 15) is 22.8 Å². The van der Waals surface area contributed by atoms with Crippen LogP contribution in [-0.2, 0) is 4.79 Å². The van der Waals surface area contributed by atoms with E-state index in [1.54, 1.807) is 4.90 Å². The number of hydrogen-bond acceptors (Lipinski definition) is 4. The monoisotopic (exact) mass is 437 g/mol. The van der Waals surface area contributed by atoms with Crippen molar-refractivity contribution in [1.82, 2.24) is 9.80 Å². The number of aryl methyl sites for hydroxylation is 1. The molecular formula is C21H22F3N3O2S. The standard InChI is InChI=1S/C21H22F3N3O2S/c1-15-2-6-17(7-3-15)25-19(28)14-26-10-12-27(13-11-26)20(29)16-4-8-18(9-5-16)30-21(22,23)24/h2-9H,10-14H2,1H3,(H,25,28). The van der Waals surface area contributed by atoms with Crippen molar-refractivity contribution >= 4 is 29.3 Å². The first-order chi connectivity index (χ1) is 14.2. The van der Waals surface area contributed by atoms with Gasteiger partial charge in [-0.3, -0.25) is 14.5 Å². The Bertz CT molecular complexity index is 878. The predicted octanol–water partition coefficient (Wildman–Crippen LogP) is 4.00. The SMILES string of the molecule is Cc1ccc(NC(=O)CN2CCN(C(=O)c3ccc(SC(F)(F)F)cc3)CC2)cc1. The van der Waals surface area contributed by atoms with Crippen LogP contribution in [0, 0.1) is 6.92 Å². The Morgan fingerprint density at radius 3 is 2.13 bits per heavy atom. The second-order valence-corrected chi connectivity index (χ2v) is 8.19. The largest absolute Gasteiger partial charge is 0.446 e. The summed E-state index contributed by atoms with van der Waals surface area (Å²) in [6.45, 7) is 4.22. The van der Waals surface area contributed by atoms with Gasteiger partial charge in [0, 0.05) is 42.3 Å². The van der Waals surface area contributed by atoms with Crippen LogP contribution < -0.4 is 5.32 Å². The van der Waals surface area contributed by atoms with Crippen molar-refractivity contribution in [2.75, 3.05) is 38.0 Å². The Balaban J connectivity index is 1.47. The molecule has 30 heavy (non-hydrogen) atoms. The fraction of sp³-hybridized carbons (Fsp3) is 0.333. The third kappa shape index (κ3) is 6.50. The first kappa shape index (κ1) is 22.2. The van der Waals surface area contributed by atoms with Crippen molar-refractivity contribution in [2.45, 2.75) is 17.3 Å². The Labute approximate surface area is 177 Å². The molecule has 0 atom stereocenters. The zero-order chi connectivity index (χ0) is 21.7. The van der Waals surface area contributed by atoms with Crippen LogP contribution in [0.2, 0.25) is 0 Å². The topological polar surface area (TPSA) is 52.7 Å². The van der Waals surface area contributed by atoms with Gasteiger partial charge in [-0.2, -0.15) is 13.2 Å². The molecule has 1 fully saturated rings. The van der Waals surface area contributed by atoms with Gasteiger partial charge < -0.3 is 10.2 Å². The molecule has 2 amide bonds. The van der Waals surface area contributed by atoms with Gasteiger partial charge in [-0.15, -0.1) is 0 Å². The highest BCUT2D eigenvalue weighted by atomic mass is 32.2. The molecule has 9 heteroatoms. The fourth-order valence-corrected chi connectivity index (χ4v) is 3.67. The van der Waals surface area contributed by atoms with Gasteiger partial charge in [0.15, 0.2) is 0 Å². The van der Waals surface area contributed by atoms with Gasteiger partial charge in [-0.25, -0.2) is 0 Å². The van der Waals surface area contributed by atoms with E-state index in [2.05, 4.69) is 5.32 Å². The summed E-state index contributed by atoms with van der Waals surface area (Å²) in [6, 6.07) is 13.0. The van der Waals surface area contributed by atoms with Crippen molar-refractivity contribution in [3.8, 4) is 0 Å². The second kappa shape index (κ2) is 9.53. The number of amides is 2. The summed E-state index contributed by atoms with van der Waals surface area (Å²) in [5.74, 6) is -0.335. The highest BCUT2D eigenvalue weighted by Crippen LogP contribution is 2.36. The van der Waals surface area contributed by atoms with Crippen LogP contribution in [0.3, 0.4) is 0 Å². The van der Waals surface area contributed by atoms with Gasteiger partial charge in [0.2, 0.25) is 5.91 Å². The Kier molecular flexibility index (Phi) is 7.04. The summed E-state index contributed by atoms with van der Waals surface area (Å²) >= 11 is -0.206. The number of nitrogens with one attached hydrogen (secondary N) is 1. The smallest absolute Gasteiger partial charge is 0.336 e. The lowest BCUT2D eigenvalue weighted by atomic mass is 10.2. The Morgan fingerprint density at radius 1 is 0.967 bits per heavy atom. The number of alkyl halides is 3. The maximum atomic E-state index is 12.6. The molecule has 160 valence electrons. The lowest BCUT2D eigenvalue weighted by Crippen LogP contribution is -2.50. The number of nitrogens with zero attached hydrogens (tertiary/aromatic N) is 2. The van der Waals surface area contributed by atoms with Crippen LogP contribution in [0.1, 0.15) is 15.9 Å². The number of thioether (sulfide) groups is 1. The maximum Gasteiger partial charge on any atom is 0.446 e. The molecule has 5 nitrogen and oxygen atoms in total. The summed E-state index contributed by atoms with van der Waals surface area (Å²) in [6.07, 6.45) is 0. The molecule has 0 aromatic heterocycles. The molecule has 2 aromatic rings. The minimum absolute atomic E-state index is 0.0449. The summed E-state index contributed by atoms with van der Waals surface area (Å²) in [5, 5.41) is 2.85. The molecule has 1 N–H and O–H groups in total. The highest BCUT2D eigenvalue weighted by Gasteiger charge is 2.29. The normalized spacial score (nSPS) is 15.1. The molecule has 3 rings (SSSR count). The van der Waals surface area contributed by atoms with Crippen LogP contribution in [0.4, 0.5) is 18.9 Å². The lowest BCUT2D eigenvalue weighted by Gasteiger charge is -2.34.